The highest BCUT2D eigenvalue weighted by Crippen LogP contribution is 2.29. The van der Waals surface area contributed by atoms with E-state index in [1.165, 1.54) is 4.90 Å². The number of carboxylic acids is 1. The van der Waals surface area contributed by atoms with Gasteiger partial charge in [0.2, 0.25) is 0 Å². The van der Waals surface area contributed by atoms with Gasteiger partial charge in [-0.3, -0.25) is 4.79 Å². The lowest BCUT2D eigenvalue weighted by Gasteiger charge is -2.34. The van der Waals surface area contributed by atoms with E-state index in [-0.39, 0.29) is 25.7 Å². The lowest BCUT2D eigenvalue weighted by atomic mass is 10.1. The van der Waals surface area contributed by atoms with Crippen molar-refractivity contribution >= 4 is 29.6 Å². The highest BCUT2D eigenvalue weighted by atomic mass is 35.5. The van der Waals surface area contributed by atoms with Gasteiger partial charge in [0.25, 0.3) is 5.91 Å². The van der Waals surface area contributed by atoms with Crippen LogP contribution in [0.15, 0.2) is 23.8 Å². The van der Waals surface area contributed by atoms with E-state index in [0.29, 0.717) is 28.5 Å². The summed E-state index contributed by atoms with van der Waals surface area (Å²) in [7, 11) is 0. The lowest BCUT2D eigenvalue weighted by molar-refractivity contribution is -0.156. The van der Waals surface area contributed by atoms with Gasteiger partial charge in [0.1, 0.15) is 12.4 Å². The first kappa shape index (κ1) is 14.9. The molecule has 6 nitrogen and oxygen atoms in total. The molecule has 7 heteroatoms. The summed E-state index contributed by atoms with van der Waals surface area (Å²) in [5.41, 5.74) is 1.12. The zero-order chi connectivity index (χ0) is 15.7. The fourth-order valence-electron chi connectivity index (χ4n) is 2.51. The number of carboxylic acid groups (broad SMARTS) is 1. The zero-order valence-electron chi connectivity index (χ0n) is 11.6. The van der Waals surface area contributed by atoms with Crippen LogP contribution in [0, 0.1) is 0 Å². The Bertz CT molecular complexity index is 657. The second-order valence-electron chi connectivity index (χ2n) is 5.07. The molecule has 3 rings (SSSR count). The maximum Gasteiger partial charge on any atom is 0.328 e. The van der Waals surface area contributed by atoms with Crippen LogP contribution in [0.2, 0.25) is 5.02 Å². The fourth-order valence-corrected chi connectivity index (χ4v) is 2.69. The summed E-state index contributed by atoms with van der Waals surface area (Å²) in [6.45, 7) is 0.677. The van der Waals surface area contributed by atoms with Crippen LogP contribution in [-0.2, 0) is 14.3 Å². The Morgan fingerprint density at radius 1 is 1.36 bits per heavy atom. The molecule has 2 heterocycles. The summed E-state index contributed by atoms with van der Waals surface area (Å²) < 4.78 is 10.7. The number of rotatable bonds is 2. The smallest absolute Gasteiger partial charge is 0.328 e. The molecular weight excluding hydrogens is 310 g/mol. The molecule has 0 bridgehead atoms. The fraction of sp³-hybridized carbons (Fsp3) is 0.333. The van der Waals surface area contributed by atoms with Crippen LogP contribution in [-0.4, -0.2) is 54.3 Å². The van der Waals surface area contributed by atoms with Crippen LogP contribution in [0.25, 0.3) is 6.08 Å². The van der Waals surface area contributed by atoms with Gasteiger partial charge in [0.05, 0.1) is 18.8 Å². The SMILES string of the molecule is O=C(O)[C@@H]1COCCN1C(=O)C1=Cc2cc(Cl)ccc2OC1. The maximum atomic E-state index is 12.6. The number of carbonyl (C=O) groups excluding carboxylic acids is 1. The Kier molecular flexibility index (Phi) is 4.04. The van der Waals surface area contributed by atoms with E-state index < -0.39 is 12.0 Å². The third-order valence-corrected chi connectivity index (χ3v) is 3.87. The molecule has 0 aliphatic carbocycles. The van der Waals surface area contributed by atoms with E-state index in [1.54, 1.807) is 24.3 Å². The van der Waals surface area contributed by atoms with Crippen molar-refractivity contribution in [1.82, 2.24) is 4.90 Å². The second kappa shape index (κ2) is 5.98. The predicted octanol–water partition coefficient (Wildman–Crippen LogP) is 1.43. The molecule has 0 spiro atoms. The van der Waals surface area contributed by atoms with Crippen molar-refractivity contribution in [3.8, 4) is 5.75 Å². The maximum absolute atomic E-state index is 12.6. The molecule has 0 saturated carbocycles. The Morgan fingerprint density at radius 2 is 2.18 bits per heavy atom. The van der Waals surface area contributed by atoms with E-state index >= 15 is 0 Å². The van der Waals surface area contributed by atoms with Gasteiger partial charge in [0, 0.05) is 17.1 Å². The number of benzene rings is 1. The number of halogens is 1. The second-order valence-corrected chi connectivity index (χ2v) is 5.50. The highest BCUT2D eigenvalue weighted by molar-refractivity contribution is 6.30. The number of aliphatic carboxylic acids is 1. The minimum Gasteiger partial charge on any atom is -0.488 e. The number of nitrogens with zero attached hydrogens (tertiary/aromatic N) is 1. The van der Waals surface area contributed by atoms with Crippen LogP contribution < -0.4 is 4.74 Å². The van der Waals surface area contributed by atoms with Crippen LogP contribution in [0.4, 0.5) is 0 Å². The van der Waals surface area contributed by atoms with Gasteiger partial charge in [-0.2, -0.15) is 0 Å². The number of hydrogen-bond donors (Lipinski definition) is 1. The molecule has 116 valence electrons. The van der Waals surface area contributed by atoms with Gasteiger partial charge in [-0.25, -0.2) is 4.79 Å². The first-order valence-corrected chi connectivity index (χ1v) is 7.18. The van der Waals surface area contributed by atoms with Crippen LogP contribution >= 0.6 is 11.6 Å². The van der Waals surface area contributed by atoms with E-state index in [4.69, 9.17) is 21.1 Å². The minimum absolute atomic E-state index is 0.00236. The van der Waals surface area contributed by atoms with Gasteiger partial charge in [-0.05, 0) is 24.3 Å². The Balaban J connectivity index is 1.87. The van der Waals surface area contributed by atoms with Crippen molar-refractivity contribution in [2.45, 2.75) is 6.04 Å². The standard InChI is InChI=1S/C15H14ClNO5/c16-11-1-2-13-9(6-11)5-10(7-22-13)14(18)17-3-4-21-8-12(17)15(19)20/h1-2,5-6,12H,3-4,7-8H2,(H,19,20)/t12-/m0/s1. The van der Waals surface area contributed by atoms with Crippen LogP contribution in [0.1, 0.15) is 5.56 Å². The summed E-state index contributed by atoms with van der Waals surface area (Å²) in [6.07, 6.45) is 1.70. The van der Waals surface area contributed by atoms with E-state index in [9.17, 15) is 14.7 Å². The van der Waals surface area contributed by atoms with Crippen LogP contribution in [0.5, 0.6) is 5.75 Å². The molecule has 1 atom stereocenters. The summed E-state index contributed by atoms with van der Waals surface area (Å²) in [5, 5.41) is 9.75. The minimum atomic E-state index is -1.08. The molecule has 22 heavy (non-hydrogen) atoms. The van der Waals surface area contributed by atoms with E-state index in [1.807, 2.05) is 0 Å². The van der Waals surface area contributed by atoms with Crippen molar-refractivity contribution in [3.63, 3.8) is 0 Å². The summed E-state index contributed by atoms with van der Waals surface area (Å²) >= 11 is 5.94. The van der Waals surface area contributed by atoms with Crippen molar-refractivity contribution in [2.24, 2.45) is 0 Å². The van der Waals surface area contributed by atoms with E-state index in [0.717, 1.165) is 0 Å². The first-order chi connectivity index (χ1) is 10.6. The van der Waals surface area contributed by atoms with Crippen molar-refractivity contribution in [2.75, 3.05) is 26.4 Å². The molecule has 0 unspecified atom stereocenters. The molecule has 1 amide bonds. The number of amides is 1. The first-order valence-electron chi connectivity index (χ1n) is 6.80. The molecule has 2 aliphatic rings. The monoisotopic (exact) mass is 323 g/mol. The average Bonchev–Trinajstić information content (AvgIpc) is 2.53. The third-order valence-electron chi connectivity index (χ3n) is 3.63. The Hall–Kier alpha value is -2.05. The molecule has 1 N–H and O–H groups in total. The molecule has 1 fully saturated rings. The van der Waals surface area contributed by atoms with Crippen molar-refractivity contribution in [3.05, 3.63) is 34.4 Å². The topological polar surface area (TPSA) is 76.1 Å². The van der Waals surface area contributed by atoms with E-state index in [2.05, 4.69) is 0 Å². The molecule has 0 aromatic heterocycles. The Labute approximate surface area is 131 Å². The largest absolute Gasteiger partial charge is 0.488 e. The molecule has 0 radical (unpaired) electrons. The number of fused-ring (bicyclic) bond motifs is 1. The van der Waals surface area contributed by atoms with Gasteiger partial charge in [-0.15, -0.1) is 0 Å². The van der Waals surface area contributed by atoms with Crippen LogP contribution in [0.3, 0.4) is 0 Å². The van der Waals surface area contributed by atoms with Gasteiger partial charge in [0.15, 0.2) is 6.04 Å². The lowest BCUT2D eigenvalue weighted by Crippen LogP contribution is -2.53. The molecule has 2 aliphatic heterocycles. The summed E-state index contributed by atoms with van der Waals surface area (Å²) in [6, 6.07) is 4.19. The molecular formula is C15H14ClNO5. The van der Waals surface area contributed by atoms with Gasteiger partial charge < -0.3 is 19.5 Å². The Morgan fingerprint density at radius 3 is 2.95 bits per heavy atom. The quantitative estimate of drug-likeness (QED) is 0.891. The summed E-state index contributed by atoms with van der Waals surface area (Å²) in [4.78, 5) is 25.2. The predicted molar refractivity (Wildman–Crippen MR) is 78.9 cm³/mol. The summed E-state index contributed by atoms with van der Waals surface area (Å²) in [5.74, 6) is -0.771. The zero-order valence-corrected chi connectivity index (χ0v) is 12.4. The molecule has 1 aromatic rings. The van der Waals surface area contributed by atoms with Crippen molar-refractivity contribution < 1.29 is 24.2 Å². The normalized spacial score (nSPS) is 20.7. The van der Waals surface area contributed by atoms with Crippen molar-refractivity contribution in [1.29, 1.82) is 0 Å². The highest BCUT2D eigenvalue weighted by Gasteiger charge is 2.34. The molecule has 1 saturated heterocycles. The van der Waals surface area contributed by atoms with Gasteiger partial charge in [-0.1, -0.05) is 11.6 Å². The average molecular weight is 324 g/mol. The molecule has 1 aromatic carbocycles. The third kappa shape index (κ3) is 2.80. The number of ether oxygens (including phenoxy) is 2. The number of carbonyl (C=O) groups is 2. The number of hydrogen-bond acceptors (Lipinski definition) is 4. The number of morpholine rings is 1. The van der Waals surface area contributed by atoms with Gasteiger partial charge >= 0.3 is 5.97 Å².